The van der Waals surface area contributed by atoms with Crippen molar-refractivity contribution in [3.8, 4) is 0 Å². The summed E-state index contributed by atoms with van der Waals surface area (Å²) in [5.41, 5.74) is 0. The zero-order valence-electron chi connectivity index (χ0n) is 13.8. The van der Waals surface area contributed by atoms with Gasteiger partial charge in [0.15, 0.2) is 0 Å². The third kappa shape index (κ3) is 4.43. The lowest BCUT2D eigenvalue weighted by Crippen LogP contribution is -2.51. The highest BCUT2D eigenvalue weighted by Crippen LogP contribution is 2.23. The van der Waals surface area contributed by atoms with E-state index >= 15 is 0 Å². The minimum atomic E-state index is -3.42. The number of amides is 1. The largest absolute Gasteiger partial charge is 0.354 e. The number of hydrogen-bond donors (Lipinski definition) is 1. The lowest BCUT2D eigenvalue weighted by molar-refractivity contribution is -0.126. The first-order valence-electron chi connectivity index (χ1n) is 8.47. The molecule has 1 atom stereocenters. The fourth-order valence-electron chi connectivity index (χ4n) is 3.20. The Balaban J connectivity index is 2.02. The van der Waals surface area contributed by atoms with Crippen LogP contribution in [-0.4, -0.2) is 55.2 Å². The Morgan fingerprint density at radius 1 is 1.00 bits per heavy atom. The van der Waals surface area contributed by atoms with E-state index in [4.69, 9.17) is 0 Å². The summed E-state index contributed by atoms with van der Waals surface area (Å²) in [5, 5.41) is 2.90. The van der Waals surface area contributed by atoms with Gasteiger partial charge in [-0.05, 0) is 39.5 Å². The highest BCUT2D eigenvalue weighted by molar-refractivity contribution is 7.86. The second-order valence-electron chi connectivity index (χ2n) is 6.68. The van der Waals surface area contributed by atoms with Crippen molar-refractivity contribution in [2.75, 3.05) is 26.2 Å². The number of hydrogen-bond acceptors (Lipinski definition) is 3. The predicted octanol–water partition coefficient (Wildman–Crippen LogP) is 1.34. The molecule has 1 amide bonds. The molecule has 0 aromatic rings. The Hall–Kier alpha value is -0.660. The number of rotatable bonds is 4. The molecule has 0 saturated carbocycles. The van der Waals surface area contributed by atoms with Crippen LogP contribution < -0.4 is 5.32 Å². The summed E-state index contributed by atoms with van der Waals surface area (Å²) >= 11 is 0. The highest BCUT2D eigenvalue weighted by atomic mass is 32.2. The first kappa shape index (κ1) is 17.7. The second-order valence-corrected chi connectivity index (χ2v) is 8.61. The molecule has 0 aromatic carbocycles. The van der Waals surface area contributed by atoms with Crippen molar-refractivity contribution in [1.29, 1.82) is 0 Å². The highest BCUT2D eigenvalue weighted by Gasteiger charge is 2.35. The van der Waals surface area contributed by atoms with Gasteiger partial charge in [-0.1, -0.05) is 12.8 Å². The second kappa shape index (κ2) is 7.75. The Morgan fingerprint density at radius 3 is 2.18 bits per heavy atom. The molecule has 7 heteroatoms. The molecule has 6 nitrogen and oxygen atoms in total. The minimum absolute atomic E-state index is 0.0224. The Bertz CT molecular complexity index is 470. The van der Waals surface area contributed by atoms with Crippen LogP contribution >= 0.6 is 0 Å². The molecule has 128 valence electrons. The quantitative estimate of drug-likeness (QED) is 0.845. The molecular weight excluding hydrogens is 302 g/mol. The van der Waals surface area contributed by atoms with Gasteiger partial charge in [-0.15, -0.1) is 0 Å². The molecule has 2 aliphatic rings. The van der Waals surface area contributed by atoms with E-state index in [0.717, 1.165) is 38.5 Å². The van der Waals surface area contributed by atoms with Crippen molar-refractivity contribution < 1.29 is 13.2 Å². The first-order chi connectivity index (χ1) is 10.4. The lowest BCUT2D eigenvalue weighted by Gasteiger charge is -2.35. The molecular formula is C15H29N3O3S. The van der Waals surface area contributed by atoms with Crippen molar-refractivity contribution in [2.45, 2.75) is 58.4 Å². The maximum Gasteiger partial charge on any atom is 0.281 e. The number of nitrogens with one attached hydrogen (secondary N) is 1. The van der Waals surface area contributed by atoms with Crippen molar-refractivity contribution in [2.24, 2.45) is 5.92 Å². The van der Waals surface area contributed by atoms with Crippen molar-refractivity contribution in [3.05, 3.63) is 0 Å². The molecule has 0 unspecified atom stereocenters. The van der Waals surface area contributed by atoms with Crippen LogP contribution in [0.4, 0.5) is 0 Å². The predicted molar refractivity (Wildman–Crippen MR) is 86.5 cm³/mol. The van der Waals surface area contributed by atoms with E-state index in [1.807, 2.05) is 13.8 Å². The van der Waals surface area contributed by atoms with Crippen LogP contribution in [0, 0.1) is 5.92 Å². The van der Waals surface area contributed by atoms with Gasteiger partial charge in [0.05, 0.1) is 5.92 Å². The van der Waals surface area contributed by atoms with Crippen LogP contribution in [0.2, 0.25) is 0 Å². The van der Waals surface area contributed by atoms with Crippen LogP contribution in [0.5, 0.6) is 0 Å². The normalized spacial score (nSPS) is 25.9. The van der Waals surface area contributed by atoms with Gasteiger partial charge in [0.25, 0.3) is 10.2 Å². The Labute approximate surface area is 134 Å². The molecule has 22 heavy (non-hydrogen) atoms. The number of carbonyl (C=O) groups excluding carboxylic acids is 1. The first-order valence-corrected chi connectivity index (χ1v) is 9.86. The SMILES string of the molecule is CC(C)NC(=O)[C@H]1CCCN(S(=O)(=O)N2CCCCCC2)C1. The van der Waals surface area contributed by atoms with E-state index in [1.165, 1.54) is 4.31 Å². The minimum Gasteiger partial charge on any atom is -0.354 e. The van der Waals surface area contributed by atoms with Crippen LogP contribution in [0.25, 0.3) is 0 Å². The van der Waals surface area contributed by atoms with Gasteiger partial charge >= 0.3 is 0 Å². The summed E-state index contributed by atoms with van der Waals surface area (Å²) < 4.78 is 28.7. The van der Waals surface area contributed by atoms with E-state index in [2.05, 4.69) is 5.32 Å². The van der Waals surface area contributed by atoms with Gasteiger partial charge in [-0.2, -0.15) is 17.0 Å². The summed E-state index contributed by atoms with van der Waals surface area (Å²) in [5.74, 6) is -0.247. The van der Waals surface area contributed by atoms with Crippen molar-refractivity contribution >= 4 is 16.1 Å². The summed E-state index contributed by atoms with van der Waals surface area (Å²) in [4.78, 5) is 12.2. The molecule has 1 N–H and O–H groups in total. The van der Waals surface area contributed by atoms with E-state index in [0.29, 0.717) is 26.2 Å². The Morgan fingerprint density at radius 2 is 1.59 bits per heavy atom. The van der Waals surface area contributed by atoms with Crippen molar-refractivity contribution in [3.63, 3.8) is 0 Å². The van der Waals surface area contributed by atoms with E-state index in [9.17, 15) is 13.2 Å². The fourth-order valence-corrected chi connectivity index (χ4v) is 4.98. The average molecular weight is 331 g/mol. The molecule has 0 aliphatic carbocycles. The average Bonchev–Trinajstić information content (AvgIpc) is 2.76. The van der Waals surface area contributed by atoms with Gasteiger partial charge in [0.1, 0.15) is 0 Å². The van der Waals surface area contributed by atoms with Gasteiger partial charge < -0.3 is 5.32 Å². The maximum atomic E-state index is 12.8. The third-order valence-electron chi connectivity index (χ3n) is 4.40. The van der Waals surface area contributed by atoms with Gasteiger partial charge in [0, 0.05) is 32.2 Å². The molecule has 0 radical (unpaired) electrons. The summed E-state index contributed by atoms with van der Waals surface area (Å²) in [6, 6.07) is 0.0880. The van der Waals surface area contributed by atoms with Gasteiger partial charge in [-0.25, -0.2) is 0 Å². The molecule has 2 heterocycles. The zero-order chi connectivity index (χ0) is 16.2. The molecule has 2 saturated heterocycles. The standard InChI is InChI=1S/C15H29N3O3S/c1-13(2)16-15(19)14-8-7-11-18(12-14)22(20,21)17-9-5-3-4-6-10-17/h13-14H,3-12H2,1-2H3,(H,16,19)/t14-/m0/s1. The third-order valence-corrected chi connectivity index (χ3v) is 6.41. The van der Waals surface area contributed by atoms with Gasteiger partial charge in [0.2, 0.25) is 5.91 Å². The number of carbonyl (C=O) groups is 1. The lowest BCUT2D eigenvalue weighted by atomic mass is 9.98. The molecule has 0 spiro atoms. The number of piperidine rings is 1. The zero-order valence-corrected chi connectivity index (χ0v) is 14.6. The van der Waals surface area contributed by atoms with E-state index < -0.39 is 10.2 Å². The topological polar surface area (TPSA) is 69.7 Å². The van der Waals surface area contributed by atoms with Gasteiger partial charge in [-0.3, -0.25) is 4.79 Å². The Kier molecular flexibility index (Phi) is 6.23. The van der Waals surface area contributed by atoms with Crippen LogP contribution in [-0.2, 0) is 15.0 Å². The van der Waals surface area contributed by atoms with Crippen LogP contribution in [0.15, 0.2) is 0 Å². The van der Waals surface area contributed by atoms with Crippen LogP contribution in [0.1, 0.15) is 52.4 Å². The number of nitrogens with zero attached hydrogens (tertiary/aromatic N) is 2. The molecule has 2 rings (SSSR count). The van der Waals surface area contributed by atoms with Crippen LogP contribution in [0.3, 0.4) is 0 Å². The smallest absolute Gasteiger partial charge is 0.281 e. The monoisotopic (exact) mass is 331 g/mol. The van der Waals surface area contributed by atoms with Crippen molar-refractivity contribution in [1.82, 2.24) is 13.9 Å². The van der Waals surface area contributed by atoms with E-state index in [-0.39, 0.29) is 17.9 Å². The fraction of sp³-hybridized carbons (Fsp3) is 0.933. The molecule has 0 aromatic heterocycles. The summed E-state index contributed by atoms with van der Waals surface area (Å²) in [6.07, 6.45) is 5.60. The molecule has 2 fully saturated rings. The summed E-state index contributed by atoms with van der Waals surface area (Å²) in [7, 11) is -3.42. The molecule has 0 bridgehead atoms. The molecule has 2 aliphatic heterocycles. The maximum absolute atomic E-state index is 12.8. The van der Waals surface area contributed by atoms with E-state index in [1.54, 1.807) is 4.31 Å². The summed E-state index contributed by atoms with van der Waals surface area (Å²) in [6.45, 7) is 5.92.